The number of nitrogens with one attached hydrogen (secondary N) is 1. The number of nitrogens with zero attached hydrogens (tertiary/aromatic N) is 2. The van der Waals surface area contributed by atoms with Crippen molar-refractivity contribution in [3.63, 3.8) is 0 Å². The Balaban J connectivity index is 2.69. The number of thiazole rings is 1. The number of anilines is 1. The lowest BCUT2D eigenvalue weighted by molar-refractivity contribution is 1.20. The van der Waals surface area contributed by atoms with Crippen LogP contribution in [0.3, 0.4) is 0 Å². The Kier molecular flexibility index (Phi) is 3.29. The van der Waals surface area contributed by atoms with E-state index in [0.29, 0.717) is 16.6 Å². The van der Waals surface area contributed by atoms with E-state index in [1.807, 2.05) is 13.0 Å². The highest BCUT2D eigenvalue weighted by Crippen LogP contribution is 2.25. The van der Waals surface area contributed by atoms with Crippen LogP contribution in [0.15, 0.2) is 12.2 Å². The molecule has 0 bridgehead atoms. The van der Waals surface area contributed by atoms with Gasteiger partial charge in [-0.3, -0.25) is 0 Å². The van der Waals surface area contributed by atoms with Crippen LogP contribution in [0, 0.1) is 11.3 Å². The molecule has 1 aromatic rings. The van der Waals surface area contributed by atoms with Gasteiger partial charge in [0.05, 0.1) is 0 Å². The van der Waals surface area contributed by atoms with Crippen LogP contribution in [0.25, 0.3) is 0 Å². The third kappa shape index (κ3) is 2.72. The lowest BCUT2D eigenvalue weighted by Crippen LogP contribution is -2.00. The number of nitriles is 1. The zero-order valence-electron chi connectivity index (χ0n) is 7.09. The minimum atomic E-state index is 0.261. The van der Waals surface area contributed by atoms with Crippen molar-refractivity contribution in [2.45, 2.75) is 6.92 Å². The topological polar surface area (TPSA) is 48.7 Å². The molecule has 0 fully saturated rings. The average Bonchev–Trinajstić information content (AvgIpc) is 2.43. The van der Waals surface area contributed by atoms with E-state index in [4.69, 9.17) is 16.9 Å². The minimum Gasteiger partial charge on any atom is -0.358 e. The lowest BCUT2D eigenvalue weighted by Gasteiger charge is -1.98. The van der Waals surface area contributed by atoms with Gasteiger partial charge in [0.2, 0.25) is 0 Å². The second-order valence-corrected chi connectivity index (χ2v) is 3.92. The molecule has 1 N–H and O–H groups in total. The first-order valence-corrected chi connectivity index (χ1v) is 4.77. The smallest absolute Gasteiger partial charge is 0.185 e. The normalized spacial score (nSPS) is 9.31. The number of aromatic nitrogens is 1. The zero-order valence-corrected chi connectivity index (χ0v) is 8.67. The molecule has 0 unspecified atom stereocenters. The first kappa shape index (κ1) is 10.0. The molecule has 0 saturated heterocycles. The van der Waals surface area contributed by atoms with Gasteiger partial charge >= 0.3 is 0 Å². The first-order valence-electron chi connectivity index (χ1n) is 3.58. The largest absolute Gasteiger partial charge is 0.358 e. The Bertz CT molecular complexity index is 364. The minimum absolute atomic E-state index is 0.261. The maximum atomic E-state index is 8.60. The van der Waals surface area contributed by atoms with Gasteiger partial charge in [-0.1, -0.05) is 35.1 Å². The lowest BCUT2D eigenvalue weighted by atomic mass is 10.4. The molecule has 13 heavy (non-hydrogen) atoms. The molecule has 0 saturated carbocycles. The number of hydrogen-bond donors (Lipinski definition) is 1. The molecule has 68 valence electrons. The van der Waals surface area contributed by atoms with E-state index in [-0.39, 0.29) is 5.15 Å². The second kappa shape index (κ2) is 4.26. The van der Waals surface area contributed by atoms with Gasteiger partial charge < -0.3 is 5.32 Å². The molecular weight excluding hydrogens is 206 g/mol. The van der Waals surface area contributed by atoms with E-state index >= 15 is 0 Å². The maximum absolute atomic E-state index is 8.60. The fraction of sp³-hybridized carbons (Fsp3) is 0.250. The number of halogens is 1. The van der Waals surface area contributed by atoms with Crippen molar-refractivity contribution < 1.29 is 0 Å². The molecule has 3 nitrogen and oxygen atoms in total. The highest BCUT2D eigenvalue weighted by Gasteiger charge is 2.07. The molecular formula is C8H8ClN3S. The van der Waals surface area contributed by atoms with Gasteiger partial charge in [0, 0.05) is 6.54 Å². The molecule has 0 aliphatic carbocycles. The third-order valence-electron chi connectivity index (χ3n) is 1.23. The van der Waals surface area contributed by atoms with E-state index in [1.54, 1.807) is 0 Å². The molecule has 0 aliphatic heterocycles. The maximum Gasteiger partial charge on any atom is 0.185 e. The quantitative estimate of drug-likeness (QED) is 0.786. The van der Waals surface area contributed by atoms with Crippen molar-refractivity contribution in [2.75, 3.05) is 11.9 Å². The van der Waals surface area contributed by atoms with Gasteiger partial charge in [-0.2, -0.15) is 5.26 Å². The summed E-state index contributed by atoms with van der Waals surface area (Å²) in [6.45, 7) is 6.29. The van der Waals surface area contributed by atoms with Crippen LogP contribution < -0.4 is 5.32 Å². The van der Waals surface area contributed by atoms with Gasteiger partial charge in [-0.15, -0.1) is 0 Å². The van der Waals surface area contributed by atoms with Crippen molar-refractivity contribution in [1.29, 1.82) is 5.26 Å². The second-order valence-electron chi connectivity index (χ2n) is 2.56. The monoisotopic (exact) mass is 213 g/mol. The number of hydrogen-bond acceptors (Lipinski definition) is 4. The summed E-state index contributed by atoms with van der Waals surface area (Å²) in [5.41, 5.74) is 1.00. The molecule has 1 rings (SSSR count). The molecule has 0 radical (unpaired) electrons. The molecule has 0 aromatic carbocycles. The molecule has 0 atom stereocenters. The predicted octanol–water partition coefficient (Wildman–Crippen LogP) is 2.66. The summed E-state index contributed by atoms with van der Waals surface area (Å²) in [5.74, 6) is 0. The standard InChI is InChI=1S/C8H8ClN3S/c1-5(2)4-11-8-12-7(9)6(3-10)13-8/h1,4H2,2H3,(H,11,12). The fourth-order valence-electron chi connectivity index (χ4n) is 0.673. The Morgan fingerprint density at radius 1 is 1.85 bits per heavy atom. The van der Waals surface area contributed by atoms with E-state index in [9.17, 15) is 0 Å². The van der Waals surface area contributed by atoms with Crippen LogP contribution in [0.2, 0.25) is 5.15 Å². The van der Waals surface area contributed by atoms with Gasteiger partial charge in [0.1, 0.15) is 10.9 Å². The van der Waals surface area contributed by atoms with Gasteiger partial charge in [0.15, 0.2) is 10.3 Å². The molecule has 1 aromatic heterocycles. The Hall–Kier alpha value is -1.05. The summed E-state index contributed by atoms with van der Waals surface area (Å²) in [7, 11) is 0. The van der Waals surface area contributed by atoms with E-state index in [0.717, 1.165) is 5.57 Å². The first-order chi connectivity index (χ1) is 6.13. The van der Waals surface area contributed by atoms with Gasteiger partial charge in [-0.25, -0.2) is 4.98 Å². The Morgan fingerprint density at radius 3 is 3.00 bits per heavy atom. The summed E-state index contributed by atoms with van der Waals surface area (Å²) in [6.07, 6.45) is 0. The number of rotatable bonds is 3. The molecule has 5 heteroatoms. The fourth-order valence-corrected chi connectivity index (χ4v) is 1.62. The predicted molar refractivity (Wildman–Crippen MR) is 55.1 cm³/mol. The Morgan fingerprint density at radius 2 is 2.54 bits per heavy atom. The van der Waals surface area contributed by atoms with Crippen LogP contribution in [0.4, 0.5) is 5.13 Å². The highest BCUT2D eigenvalue weighted by molar-refractivity contribution is 7.16. The summed E-state index contributed by atoms with van der Waals surface area (Å²) in [4.78, 5) is 4.40. The van der Waals surface area contributed by atoms with Crippen LogP contribution in [-0.2, 0) is 0 Å². The van der Waals surface area contributed by atoms with Crippen molar-refractivity contribution in [3.8, 4) is 6.07 Å². The summed E-state index contributed by atoms with van der Waals surface area (Å²) in [6, 6.07) is 1.96. The van der Waals surface area contributed by atoms with E-state index in [1.165, 1.54) is 11.3 Å². The van der Waals surface area contributed by atoms with Crippen LogP contribution >= 0.6 is 22.9 Å². The van der Waals surface area contributed by atoms with Crippen molar-refractivity contribution in [3.05, 3.63) is 22.2 Å². The third-order valence-corrected chi connectivity index (χ3v) is 2.53. The molecule has 1 heterocycles. The van der Waals surface area contributed by atoms with E-state index in [2.05, 4.69) is 16.9 Å². The van der Waals surface area contributed by atoms with Crippen LogP contribution in [-0.4, -0.2) is 11.5 Å². The van der Waals surface area contributed by atoms with Crippen molar-refractivity contribution in [2.24, 2.45) is 0 Å². The average molecular weight is 214 g/mol. The molecule has 0 aliphatic rings. The Labute approximate surface area is 85.7 Å². The van der Waals surface area contributed by atoms with Crippen LogP contribution in [0.1, 0.15) is 11.8 Å². The summed E-state index contributed by atoms with van der Waals surface area (Å²) >= 11 is 6.92. The molecule has 0 spiro atoms. The summed E-state index contributed by atoms with van der Waals surface area (Å²) in [5, 5.41) is 12.5. The molecule has 0 amide bonds. The summed E-state index contributed by atoms with van der Waals surface area (Å²) < 4.78 is 0. The van der Waals surface area contributed by atoms with Crippen molar-refractivity contribution >= 4 is 28.1 Å². The van der Waals surface area contributed by atoms with Gasteiger partial charge in [-0.05, 0) is 6.92 Å². The van der Waals surface area contributed by atoms with E-state index < -0.39 is 0 Å². The zero-order chi connectivity index (χ0) is 9.84. The van der Waals surface area contributed by atoms with Crippen LogP contribution in [0.5, 0.6) is 0 Å². The van der Waals surface area contributed by atoms with Gasteiger partial charge in [0.25, 0.3) is 0 Å². The SMILES string of the molecule is C=C(C)CNc1nc(Cl)c(C#N)s1. The highest BCUT2D eigenvalue weighted by atomic mass is 35.5. The van der Waals surface area contributed by atoms with Crippen molar-refractivity contribution in [1.82, 2.24) is 4.98 Å².